The molecule has 0 N–H and O–H groups in total. The minimum atomic E-state index is -0.265. The maximum atomic E-state index is 4.79. The minimum Gasteiger partial charge on any atom is -0.313 e. The molecule has 1 unspecified atom stereocenters. The normalized spacial score (nSPS) is 12.2. The molecule has 0 rings (SSSR count). The second kappa shape index (κ2) is 28.4. The van der Waals surface area contributed by atoms with E-state index >= 15 is 0 Å². The molecular formula is C24H48O10. The molecule has 0 heterocycles. The van der Waals surface area contributed by atoms with Gasteiger partial charge in [-0.05, 0) is 36.7 Å². The van der Waals surface area contributed by atoms with Gasteiger partial charge in [-0.3, -0.25) is 0 Å². The van der Waals surface area contributed by atoms with E-state index in [1.807, 2.05) is 0 Å². The van der Waals surface area contributed by atoms with Crippen molar-refractivity contribution in [2.24, 2.45) is 5.92 Å². The fourth-order valence-electron chi connectivity index (χ4n) is 3.20. The van der Waals surface area contributed by atoms with Gasteiger partial charge in [0.05, 0.1) is 20.3 Å². The molecule has 0 aromatic rings. The summed E-state index contributed by atoms with van der Waals surface area (Å²) in [5.41, 5.74) is 0. The number of unbranched alkanes of at least 4 members (excludes halogenated alkanes) is 15. The first-order chi connectivity index (χ1) is 16.7. The molecular weight excluding hydrogens is 448 g/mol. The van der Waals surface area contributed by atoms with Crippen LogP contribution >= 0.6 is 0 Å². The standard InChI is InChI=1S/C24H48O10/c1-5-6-7-8-9-10-11-12-13-14-15-16-17-18-19-20-21-26-30-32-34-33-31-27-22-23(2)24(3)28-29-25-4/h23H,3,5-22H2,1-2,4H3. The third kappa shape index (κ3) is 25.8. The van der Waals surface area contributed by atoms with Gasteiger partial charge in [-0.15, -0.1) is 0 Å². The Morgan fingerprint density at radius 2 is 1.03 bits per heavy atom. The van der Waals surface area contributed by atoms with E-state index in [1.165, 1.54) is 97.0 Å². The fraction of sp³-hybridized carbons (Fsp3) is 0.917. The van der Waals surface area contributed by atoms with Gasteiger partial charge in [0, 0.05) is 5.92 Å². The first-order valence-corrected chi connectivity index (χ1v) is 12.9. The summed E-state index contributed by atoms with van der Waals surface area (Å²) in [7, 11) is 1.30. The highest BCUT2D eigenvalue weighted by Gasteiger charge is 2.11. The molecule has 0 aliphatic carbocycles. The summed E-state index contributed by atoms with van der Waals surface area (Å²) in [5.74, 6) is 0.00686. The van der Waals surface area contributed by atoms with Gasteiger partial charge in [-0.1, -0.05) is 117 Å². The number of rotatable bonds is 29. The summed E-state index contributed by atoms with van der Waals surface area (Å²) < 4.78 is 0. The summed E-state index contributed by atoms with van der Waals surface area (Å²) in [6.45, 7) is 8.06. The van der Waals surface area contributed by atoms with Crippen LogP contribution in [-0.4, -0.2) is 20.3 Å². The van der Waals surface area contributed by atoms with Crippen LogP contribution in [0.1, 0.15) is 117 Å². The molecule has 0 saturated carbocycles. The zero-order valence-electron chi connectivity index (χ0n) is 21.6. The van der Waals surface area contributed by atoms with Gasteiger partial charge in [-0.25, -0.2) is 9.78 Å². The maximum absolute atomic E-state index is 4.79. The number of hydrogen-bond donors (Lipinski definition) is 0. The lowest BCUT2D eigenvalue weighted by atomic mass is 10.0. The average molecular weight is 497 g/mol. The molecule has 0 fully saturated rings. The fourth-order valence-corrected chi connectivity index (χ4v) is 3.20. The zero-order valence-corrected chi connectivity index (χ0v) is 21.6. The van der Waals surface area contributed by atoms with E-state index in [9.17, 15) is 0 Å². The lowest BCUT2D eigenvalue weighted by Gasteiger charge is -2.11. The van der Waals surface area contributed by atoms with Crippen molar-refractivity contribution in [1.29, 1.82) is 0 Å². The summed E-state index contributed by atoms with van der Waals surface area (Å²) in [4.78, 5) is 18.4. The molecule has 1 atom stereocenters. The first kappa shape index (κ1) is 33.2. The van der Waals surface area contributed by atoms with Crippen LogP contribution in [-0.2, 0) is 49.8 Å². The van der Waals surface area contributed by atoms with E-state index < -0.39 is 0 Å². The van der Waals surface area contributed by atoms with Crippen molar-refractivity contribution in [2.45, 2.75) is 117 Å². The van der Waals surface area contributed by atoms with Crippen LogP contribution in [0.5, 0.6) is 0 Å². The summed E-state index contributed by atoms with van der Waals surface area (Å²) >= 11 is 0. The summed E-state index contributed by atoms with van der Waals surface area (Å²) in [6.07, 6.45) is 21.0. The Morgan fingerprint density at radius 3 is 1.53 bits per heavy atom. The van der Waals surface area contributed by atoms with Crippen molar-refractivity contribution < 1.29 is 49.8 Å². The molecule has 0 aliphatic heterocycles. The lowest BCUT2D eigenvalue weighted by Crippen LogP contribution is -2.11. The first-order valence-electron chi connectivity index (χ1n) is 12.9. The van der Waals surface area contributed by atoms with Gasteiger partial charge in [-0.2, -0.15) is 4.89 Å². The summed E-state index contributed by atoms with van der Waals surface area (Å²) in [6, 6.07) is 0. The third-order valence-electron chi connectivity index (χ3n) is 5.37. The topological polar surface area (TPSA) is 92.3 Å². The highest BCUT2D eigenvalue weighted by atomic mass is 17.9. The second-order valence-electron chi connectivity index (χ2n) is 8.44. The van der Waals surface area contributed by atoms with Crippen molar-refractivity contribution in [3.8, 4) is 0 Å². The van der Waals surface area contributed by atoms with Crippen molar-refractivity contribution in [1.82, 2.24) is 0 Å². The predicted molar refractivity (Wildman–Crippen MR) is 124 cm³/mol. The van der Waals surface area contributed by atoms with Crippen molar-refractivity contribution in [3.05, 3.63) is 12.3 Å². The largest absolute Gasteiger partial charge is 0.313 e. The smallest absolute Gasteiger partial charge is 0.143 e. The van der Waals surface area contributed by atoms with E-state index in [1.54, 1.807) is 6.92 Å². The molecule has 0 amide bonds. The Kier molecular flexibility index (Phi) is 27.7. The minimum absolute atomic E-state index is 0.0475. The Hall–Kier alpha value is -0.820. The predicted octanol–water partition coefficient (Wildman–Crippen LogP) is 7.51. The molecule has 10 heteroatoms. The van der Waals surface area contributed by atoms with E-state index in [2.05, 4.69) is 58.4 Å². The van der Waals surface area contributed by atoms with Crippen molar-refractivity contribution in [2.75, 3.05) is 20.3 Å². The highest BCUT2D eigenvalue weighted by Crippen LogP contribution is 2.14. The third-order valence-corrected chi connectivity index (χ3v) is 5.37. The van der Waals surface area contributed by atoms with Crippen LogP contribution in [0.4, 0.5) is 0 Å². The van der Waals surface area contributed by atoms with Gasteiger partial charge in [0.2, 0.25) is 0 Å². The monoisotopic (exact) mass is 496 g/mol. The van der Waals surface area contributed by atoms with Crippen molar-refractivity contribution >= 4 is 0 Å². The van der Waals surface area contributed by atoms with Crippen LogP contribution in [0.15, 0.2) is 12.3 Å². The zero-order chi connectivity index (χ0) is 25.0. The van der Waals surface area contributed by atoms with Gasteiger partial charge >= 0.3 is 0 Å². The van der Waals surface area contributed by atoms with Gasteiger partial charge in [0.1, 0.15) is 5.76 Å². The van der Waals surface area contributed by atoms with E-state index in [-0.39, 0.29) is 18.3 Å². The Balaban J connectivity index is 3.12. The second-order valence-corrected chi connectivity index (χ2v) is 8.44. The molecule has 0 spiro atoms. The van der Waals surface area contributed by atoms with Gasteiger partial charge < -0.3 is 4.89 Å². The van der Waals surface area contributed by atoms with Crippen LogP contribution in [0.3, 0.4) is 0 Å². The molecule has 10 nitrogen and oxygen atoms in total. The van der Waals surface area contributed by atoms with Gasteiger partial charge in [0.15, 0.2) is 0 Å². The average Bonchev–Trinajstić information content (AvgIpc) is 2.84. The van der Waals surface area contributed by atoms with Crippen LogP contribution in [0.2, 0.25) is 0 Å². The highest BCUT2D eigenvalue weighted by molar-refractivity contribution is 4.86. The molecule has 0 radical (unpaired) electrons. The SMILES string of the molecule is C=C(OOOC)C(C)COOOOOOOCCCCCCCCCCCCCCCCCC. The molecule has 0 aromatic carbocycles. The van der Waals surface area contributed by atoms with Crippen LogP contribution < -0.4 is 0 Å². The van der Waals surface area contributed by atoms with Crippen LogP contribution in [0, 0.1) is 5.92 Å². The molecule has 0 aliphatic rings. The van der Waals surface area contributed by atoms with Crippen molar-refractivity contribution in [3.63, 3.8) is 0 Å². The summed E-state index contributed by atoms with van der Waals surface area (Å²) in [5, 5.41) is 25.2. The molecule has 204 valence electrons. The number of hydrogen-bond acceptors (Lipinski definition) is 10. The van der Waals surface area contributed by atoms with E-state index in [4.69, 9.17) is 4.89 Å². The molecule has 0 bridgehead atoms. The Morgan fingerprint density at radius 1 is 0.588 bits per heavy atom. The maximum Gasteiger partial charge on any atom is 0.143 e. The quantitative estimate of drug-likeness (QED) is 0.0448. The molecule has 0 aromatic heterocycles. The Labute approximate surface area is 205 Å². The van der Waals surface area contributed by atoms with Gasteiger partial charge in [0.25, 0.3) is 0 Å². The molecule has 0 saturated heterocycles. The van der Waals surface area contributed by atoms with E-state index in [0.717, 1.165) is 12.8 Å². The lowest BCUT2D eigenvalue weighted by molar-refractivity contribution is -0.790. The van der Waals surface area contributed by atoms with Crippen LogP contribution in [0.25, 0.3) is 0 Å². The van der Waals surface area contributed by atoms with E-state index in [0.29, 0.717) is 6.61 Å². The Bertz CT molecular complexity index is 411. The molecule has 34 heavy (non-hydrogen) atoms.